The van der Waals surface area contributed by atoms with Crippen LogP contribution in [0.25, 0.3) is 11.1 Å². The monoisotopic (exact) mass is 422 g/mol. The van der Waals surface area contributed by atoms with Gasteiger partial charge in [0, 0.05) is 30.4 Å². The minimum absolute atomic E-state index is 0.00324. The summed E-state index contributed by atoms with van der Waals surface area (Å²) in [6, 6.07) is 5.50. The van der Waals surface area contributed by atoms with E-state index in [-0.39, 0.29) is 11.8 Å². The number of hydrogen-bond acceptors (Lipinski definition) is 7. The van der Waals surface area contributed by atoms with Crippen LogP contribution in [0, 0.1) is 26.7 Å². The lowest BCUT2D eigenvalue weighted by Gasteiger charge is -2.33. The summed E-state index contributed by atoms with van der Waals surface area (Å²) in [4.78, 5) is 24.4. The summed E-state index contributed by atoms with van der Waals surface area (Å²) >= 11 is 0. The third kappa shape index (κ3) is 3.66. The van der Waals surface area contributed by atoms with Gasteiger partial charge in [-0.25, -0.2) is 4.98 Å². The smallest absolute Gasteiger partial charge is 0.231 e. The molecule has 0 bridgehead atoms. The lowest BCUT2D eigenvalue weighted by Crippen LogP contribution is -2.41. The Kier molecular flexibility index (Phi) is 4.92. The SMILES string of the molecule is Cc1nc(N2CCC[C@H](C(=O)Nc3ccc4c(c3)OCCO4)C2)c2c(C)c(C)oc2n1. The highest BCUT2D eigenvalue weighted by Gasteiger charge is 2.29. The van der Waals surface area contributed by atoms with E-state index in [0.717, 1.165) is 41.9 Å². The average Bonchev–Trinajstić information content (AvgIpc) is 3.06. The molecule has 0 radical (unpaired) electrons. The molecule has 0 aliphatic carbocycles. The number of carbonyl (C=O) groups is 1. The van der Waals surface area contributed by atoms with Gasteiger partial charge in [-0.2, -0.15) is 4.98 Å². The fourth-order valence-electron chi connectivity index (χ4n) is 4.31. The van der Waals surface area contributed by atoms with Crippen LogP contribution in [0.3, 0.4) is 0 Å². The van der Waals surface area contributed by atoms with Gasteiger partial charge < -0.3 is 24.1 Å². The summed E-state index contributed by atoms with van der Waals surface area (Å²) < 4.78 is 17.0. The van der Waals surface area contributed by atoms with Crippen molar-refractivity contribution in [3.8, 4) is 11.5 Å². The minimum atomic E-state index is -0.138. The van der Waals surface area contributed by atoms with Gasteiger partial charge in [0.1, 0.15) is 30.6 Å². The first-order valence-corrected chi connectivity index (χ1v) is 10.7. The summed E-state index contributed by atoms with van der Waals surface area (Å²) in [7, 11) is 0. The van der Waals surface area contributed by atoms with E-state index in [0.29, 0.717) is 48.5 Å². The van der Waals surface area contributed by atoms with Crippen LogP contribution in [-0.2, 0) is 4.79 Å². The maximum absolute atomic E-state index is 13.1. The molecular weight excluding hydrogens is 396 g/mol. The van der Waals surface area contributed by atoms with Gasteiger partial charge in [-0.1, -0.05) is 0 Å². The van der Waals surface area contributed by atoms with Gasteiger partial charge in [0.25, 0.3) is 0 Å². The highest BCUT2D eigenvalue weighted by molar-refractivity contribution is 5.94. The zero-order valence-electron chi connectivity index (χ0n) is 18.0. The van der Waals surface area contributed by atoms with Gasteiger partial charge in [0.05, 0.1) is 11.3 Å². The molecule has 31 heavy (non-hydrogen) atoms. The van der Waals surface area contributed by atoms with Crippen molar-refractivity contribution in [2.45, 2.75) is 33.6 Å². The molecule has 0 saturated carbocycles. The van der Waals surface area contributed by atoms with Gasteiger partial charge >= 0.3 is 0 Å². The third-order valence-corrected chi connectivity index (χ3v) is 6.02. The molecule has 1 amide bonds. The molecule has 2 aliphatic heterocycles. The van der Waals surface area contributed by atoms with Crippen molar-refractivity contribution >= 4 is 28.5 Å². The van der Waals surface area contributed by atoms with Crippen LogP contribution < -0.4 is 19.7 Å². The number of fused-ring (bicyclic) bond motifs is 2. The first kappa shape index (κ1) is 19.7. The van der Waals surface area contributed by atoms with Crippen molar-refractivity contribution in [3.63, 3.8) is 0 Å². The number of ether oxygens (including phenoxy) is 2. The number of carbonyl (C=O) groups excluding carboxylic acids is 1. The largest absolute Gasteiger partial charge is 0.486 e. The number of benzene rings is 1. The van der Waals surface area contributed by atoms with Crippen molar-refractivity contribution in [3.05, 3.63) is 35.3 Å². The van der Waals surface area contributed by atoms with Crippen molar-refractivity contribution < 1.29 is 18.7 Å². The van der Waals surface area contributed by atoms with Crippen molar-refractivity contribution in [2.75, 3.05) is 36.5 Å². The van der Waals surface area contributed by atoms with Gasteiger partial charge in [-0.3, -0.25) is 4.79 Å². The van der Waals surface area contributed by atoms with Crippen molar-refractivity contribution in [2.24, 2.45) is 5.92 Å². The molecule has 2 aliphatic rings. The number of piperidine rings is 1. The molecule has 1 aromatic carbocycles. The van der Waals surface area contributed by atoms with E-state index < -0.39 is 0 Å². The Labute approximate surface area is 180 Å². The molecule has 1 saturated heterocycles. The van der Waals surface area contributed by atoms with Gasteiger partial charge in [-0.05, 0) is 45.7 Å². The van der Waals surface area contributed by atoms with Crippen molar-refractivity contribution in [1.82, 2.24) is 9.97 Å². The molecule has 1 N–H and O–H groups in total. The van der Waals surface area contributed by atoms with E-state index in [1.165, 1.54) is 0 Å². The number of nitrogens with one attached hydrogen (secondary N) is 1. The van der Waals surface area contributed by atoms with Crippen LogP contribution in [0.5, 0.6) is 11.5 Å². The zero-order chi connectivity index (χ0) is 21.5. The first-order chi connectivity index (χ1) is 15.0. The predicted octanol–water partition coefficient (Wildman–Crippen LogP) is 3.77. The molecule has 5 rings (SSSR count). The average molecular weight is 422 g/mol. The van der Waals surface area contributed by atoms with E-state index in [1.54, 1.807) is 0 Å². The number of anilines is 2. The molecular formula is C23H26N4O4. The lowest BCUT2D eigenvalue weighted by atomic mass is 9.96. The standard InChI is InChI=1S/C23H26N4O4/c1-13-14(2)31-23-20(13)21(24-15(3)25-23)27-8-4-5-16(12-27)22(28)26-17-6-7-18-19(11-17)30-10-9-29-18/h6-7,11,16H,4-5,8-10,12H2,1-3H3,(H,26,28)/t16-/m0/s1. The Hall–Kier alpha value is -3.29. The molecule has 4 heterocycles. The Morgan fingerprint density at radius 3 is 2.77 bits per heavy atom. The van der Waals surface area contributed by atoms with Crippen LogP contribution in [0.1, 0.15) is 30.0 Å². The van der Waals surface area contributed by atoms with E-state index in [9.17, 15) is 4.79 Å². The van der Waals surface area contributed by atoms with Crippen LogP contribution in [0.4, 0.5) is 11.5 Å². The van der Waals surface area contributed by atoms with Gasteiger partial charge in [-0.15, -0.1) is 0 Å². The fraction of sp³-hybridized carbons (Fsp3) is 0.435. The van der Waals surface area contributed by atoms with Gasteiger partial charge in [0.15, 0.2) is 11.5 Å². The van der Waals surface area contributed by atoms with Crippen LogP contribution in [0.2, 0.25) is 0 Å². The normalized spacial score (nSPS) is 18.3. The Morgan fingerprint density at radius 1 is 1.13 bits per heavy atom. The Bertz CT molecular complexity index is 1160. The zero-order valence-corrected chi connectivity index (χ0v) is 18.0. The molecule has 8 heteroatoms. The van der Waals surface area contributed by atoms with E-state index in [4.69, 9.17) is 18.9 Å². The molecule has 0 spiro atoms. The van der Waals surface area contributed by atoms with Gasteiger partial charge in [0.2, 0.25) is 11.6 Å². The number of furan rings is 1. The Balaban J connectivity index is 1.36. The number of amides is 1. The van der Waals surface area contributed by atoms with E-state index >= 15 is 0 Å². The van der Waals surface area contributed by atoms with Crippen LogP contribution >= 0.6 is 0 Å². The molecule has 3 aromatic rings. The maximum atomic E-state index is 13.1. The highest BCUT2D eigenvalue weighted by Crippen LogP contribution is 2.35. The van der Waals surface area contributed by atoms with E-state index in [1.807, 2.05) is 39.0 Å². The second-order valence-electron chi connectivity index (χ2n) is 8.19. The van der Waals surface area contributed by atoms with Crippen molar-refractivity contribution in [1.29, 1.82) is 0 Å². The quantitative estimate of drug-likeness (QED) is 0.687. The molecule has 0 unspecified atom stereocenters. The molecule has 162 valence electrons. The molecule has 1 fully saturated rings. The topological polar surface area (TPSA) is 89.7 Å². The third-order valence-electron chi connectivity index (χ3n) is 6.02. The number of aromatic nitrogens is 2. The highest BCUT2D eigenvalue weighted by atomic mass is 16.6. The second kappa shape index (κ2) is 7.76. The minimum Gasteiger partial charge on any atom is -0.486 e. The number of nitrogens with zero attached hydrogens (tertiary/aromatic N) is 3. The summed E-state index contributed by atoms with van der Waals surface area (Å²) in [5.74, 6) is 3.61. The summed E-state index contributed by atoms with van der Waals surface area (Å²) in [6.07, 6.45) is 1.75. The summed E-state index contributed by atoms with van der Waals surface area (Å²) in [6.45, 7) is 8.35. The summed E-state index contributed by atoms with van der Waals surface area (Å²) in [5, 5.41) is 3.99. The number of rotatable bonds is 3. The predicted molar refractivity (Wildman–Crippen MR) is 117 cm³/mol. The summed E-state index contributed by atoms with van der Waals surface area (Å²) in [5.41, 5.74) is 2.38. The maximum Gasteiger partial charge on any atom is 0.231 e. The number of hydrogen-bond donors (Lipinski definition) is 1. The van der Waals surface area contributed by atoms with E-state index in [2.05, 4.69) is 15.2 Å². The first-order valence-electron chi connectivity index (χ1n) is 10.7. The molecule has 2 aromatic heterocycles. The lowest BCUT2D eigenvalue weighted by molar-refractivity contribution is -0.120. The molecule has 8 nitrogen and oxygen atoms in total. The van der Waals surface area contributed by atoms with Crippen LogP contribution in [-0.4, -0.2) is 42.2 Å². The van der Waals surface area contributed by atoms with Crippen LogP contribution in [0.15, 0.2) is 22.6 Å². The Morgan fingerprint density at radius 2 is 1.94 bits per heavy atom. The fourth-order valence-corrected chi connectivity index (χ4v) is 4.31. The number of aryl methyl sites for hydroxylation is 3. The second-order valence-corrected chi connectivity index (χ2v) is 8.19. The molecule has 1 atom stereocenters.